The van der Waals surface area contributed by atoms with Crippen LogP contribution in [0.4, 0.5) is 0 Å². The molecule has 1 aromatic carbocycles. The Labute approximate surface area is 116 Å². The lowest BCUT2D eigenvalue weighted by molar-refractivity contribution is 0.179. The number of benzene rings is 1. The second-order valence-electron chi connectivity index (χ2n) is 4.27. The first-order valence-corrected chi connectivity index (χ1v) is 6.95. The molecule has 0 aliphatic heterocycles. The van der Waals surface area contributed by atoms with Gasteiger partial charge in [0.15, 0.2) is 0 Å². The normalized spacial score (nSPS) is 9.95. The summed E-state index contributed by atoms with van der Waals surface area (Å²) in [6.45, 7) is 7.49. The van der Waals surface area contributed by atoms with Gasteiger partial charge in [0.25, 0.3) is 0 Å². The van der Waals surface area contributed by atoms with Crippen LogP contribution in [0.3, 0.4) is 0 Å². The van der Waals surface area contributed by atoms with Crippen molar-refractivity contribution in [2.24, 2.45) is 0 Å². The molecule has 1 rings (SSSR count). The highest BCUT2D eigenvalue weighted by atomic mass is 16.5. The number of ether oxygens (including phenoxy) is 3. The van der Waals surface area contributed by atoms with E-state index < -0.39 is 0 Å². The van der Waals surface area contributed by atoms with Gasteiger partial charge in [-0.05, 0) is 30.7 Å². The molecule has 0 radical (unpaired) electrons. The quantitative estimate of drug-likeness (QED) is 0.443. The smallest absolute Gasteiger partial charge is 0.122 e. The number of rotatable bonds is 11. The van der Waals surface area contributed by atoms with Gasteiger partial charge >= 0.3 is 0 Å². The van der Waals surface area contributed by atoms with Crippen LogP contribution in [0.5, 0.6) is 11.5 Å². The summed E-state index contributed by atoms with van der Waals surface area (Å²) in [5.41, 5.74) is 0. The van der Waals surface area contributed by atoms with E-state index in [4.69, 9.17) is 14.2 Å². The molecule has 0 amide bonds. The molecule has 0 fully saturated rings. The van der Waals surface area contributed by atoms with Gasteiger partial charge in [-0.1, -0.05) is 32.8 Å². The van der Waals surface area contributed by atoms with E-state index in [1.54, 1.807) is 0 Å². The van der Waals surface area contributed by atoms with Crippen molar-refractivity contribution in [2.75, 3.05) is 19.8 Å². The summed E-state index contributed by atoms with van der Waals surface area (Å²) in [6.07, 6.45) is 6.30. The van der Waals surface area contributed by atoms with E-state index in [1.165, 1.54) is 25.5 Å². The van der Waals surface area contributed by atoms with Crippen molar-refractivity contribution in [2.45, 2.75) is 32.6 Å². The molecule has 19 heavy (non-hydrogen) atoms. The third kappa shape index (κ3) is 7.39. The highest BCUT2D eigenvalue weighted by molar-refractivity contribution is 5.31. The maximum atomic E-state index is 5.66. The Kier molecular flexibility index (Phi) is 8.36. The summed E-state index contributed by atoms with van der Waals surface area (Å²) in [5, 5.41) is 0. The third-order valence-electron chi connectivity index (χ3n) is 2.68. The lowest BCUT2D eigenvalue weighted by Gasteiger charge is -2.08. The summed E-state index contributed by atoms with van der Waals surface area (Å²) in [6, 6.07) is 7.69. The third-order valence-corrected chi connectivity index (χ3v) is 2.68. The molecular formula is C16H24O3. The zero-order valence-corrected chi connectivity index (χ0v) is 11.8. The van der Waals surface area contributed by atoms with Gasteiger partial charge in [-0.25, -0.2) is 0 Å². The summed E-state index contributed by atoms with van der Waals surface area (Å²) in [4.78, 5) is 0. The average Bonchev–Trinajstić information content (AvgIpc) is 2.45. The van der Waals surface area contributed by atoms with Gasteiger partial charge in [0.05, 0.1) is 12.9 Å². The van der Waals surface area contributed by atoms with Crippen molar-refractivity contribution >= 4 is 0 Å². The van der Waals surface area contributed by atoms with Crippen LogP contribution in [0.25, 0.3) is 0 Å². The summed E-state index contributed by atoms with van der Waals surface area (Å²) < 4.78 is 16.1. The van der Waals surface area contributed by atoms with Crippen LogP contribution in [0, 0.1) is 0 Å². The zero-order chi connectivity index (χ0) is 13.8. The van der Waals surface area contributed by atoms with E-state index in [0.717, 1.165) is 24.5 Å². The van der Waals surface area contributed by atoms with Crippen molar-refractivity contribution in [3.05, 3.63) is 37.1 Å². The first kappa shape index (κ1) is 15.4. The van der Waals surface area contributed by atoms with Crippen LogP contribution < -0.4 is 9.47 Å². The Bertz CT molecular complexity index is 332. The molecule has 0 atom stereocenters. The van der Waals surface area contributed by atoms with E-state index in [0.29, 0.717) is 13.2 Å². The van der Waals surface area contributed by atoms with Gasteiger partial charge in [-0.15, -0.1) is 0 Å². The summed E-state index contributed by atoms with van der Waals surface area (Å²) in [5.74, 6) is 1.72. The molecule has 0 N–H and O–H groups in total. The Morgan fingerprint density at radius 2 is 1.53 bits per heavy atom. The SMILES string of the molecule is C=COCCOc1ccc(OCCCCCC)cc1. The Balaban J connectivity index is 2.17. The molecule has 0 heterocycles. The molecule has 0 unspecified atom stereocenters. The molecule has 3 nitrogen and oxygen atoms in total. The van der Waals surface area contributed by atoms with E-state index in [2.05, 4.69) is 13.5 Å². The molecule has 0 spiro atoms. The summed E-state index contributed by atoms with van der Waals surface area (Å²) >= 11 is 0. The zero-order valence-electron chi connectivity index (χ0n) is 11.8. The average molecular weight is 264 g/mol. The minimum atomic E-state index is 0.513. The van der Waals surface area contributed by atoms with Crippen molar-refractivity contribution in [3.63, 3.8) is 0 Å². The van der Waals surface area contributed by atoms with Crippen LogP contribution in [0.15, 0.2) is 37.1 Å². The topological polar surface area (TPSA) is 27.7 Å². The fraction of sp³-hybridized carbons (Fsp3) is 0.500. The van der Waals surface area contributed by atoms with Crippen LogP contribution in [-0.2, 0) is 4.74 Å². The standard InChI is InChI=1S/C16H24O3/c1-3-5-6-7-12-18-15-8-10-16(11-9-15)19-14-13-17-4-2/h4,8-11H,2-3,5-7,12-14H2,1H3. The molecular weight excluding hydrogens is 240 g/mol. The van der Waals surface area contributed by atoms with Crippen molar-refractivity contribution in [1.29, 1.82) is 0 Å². The molecule has 0 bridgehead atoms. The molecule has 0 aromatic heterocycles. The molecule has 0 saturated heterocycles. The number of hydrogen-bond acceptors (Lipinski definition) is 3. The molecule has 0 aliphatic rings. The first-order chi connectivity index (χ1) is 9.36. The van der Waals surface area contributed by atoms with Gasteiger partial charge in [-0.2, -0.15) is 0 Å². The van der Waals surface area contributed by atoms with Crippen LogP contribution in [-0.4, -0.2) is 19.8 Å². The van der Waals surface area contributed by atoms with Crippen molar-refractivity contribution in [3.8, 4) is 11.5 Å². The molecule has 106 valence electrons. The first-order valence-electron chi connectivity index (χ1n) is 6.95. The fourth-order valence-corrected chi connectivity index (χ4v) is 1.64. The molecule has 0 saturated carbocycles. The minimum Gasteiger partial charge on any atom is -0.498 e. The second-order valence-corrected chi connectivity index (χ2v) is 4.27. The minimum absolute atomic E-state index is 0.513. The largest absolute Gasteiger partial charge is 0.498 e. The highest BCUT2D eigenvalue weighted by Gasteiger charge is 1.96. The van der Waals surface area contributed by atoms with Crippen LogP contribution in [0.2, 0.25) is 0 Å². The van der Waals surface area contributed by atoms with Gasteiger partial charge < -0.3 is 14.2 Å². The molecule has 0 aliphatic carbocycles. The summed E-state index contributed by atoms with van der Waals surface area (Å²) in [7, 11) is 0. The lowest BCUT2D eigenvalue weighted by atomic mass is 10.2. The van der Waals surface area contributed by atoms with Gasteiger partial charge in [0, 0.05) is 0 Å². The maximum absolute atomic E-state index is 5.66. The fourth-order valence-electron chi connectivity index (χ4n) is 1.64. The second kappa shape index (κ2) is 10.3. The number of unbranched alkanes of at least 4 members (excludes halogenated alkanes) is 3. The van der Waals surface area contributed by atoms with Gasteiger partial charge in [0.2, 0.25) is 0 Å². The Hall–Kier alpha value is -1.64. The van der Waals surface area contributed by atoms with E-state index in [9.17, 15) is 0 Å². The highest BCUT2D eigenvalue weighted by Crippen LogP contribution is 2.17. The predicted molar refractivity (Wildman–Crippen MR) is 77.7 cm³/mol. The Morgan fingerprint density at radius 3 is 2.11 bits per heavy atom. The van der Waals surface area contributed by atoms with E-state index in [1.807, 2.05) is 24.3 Å². The van der Waals surface area contributed by atoms with Crippen LogP contribution >= 0.6 is 0 Å². The molecule has 1 aromatic rings. The van der Waals surface area contributed by atoms with Gasteiger partial charge in [0.1, 0.15) is 24.7 Å². The monoisotopic (exact) mass is 264 g/mol. The van der Waals surface area contributed by atoms with Gasteiger partial charge in [-0.3, -0.25) is 0 Å². The van der Waals surface area contributed by atoms with Crippen molar-refractivity contribution < 1.29 is 14.2 Å². The van der Waals surface area contributed by atoms with E-state index in [-0.39, 0.29) is 0 Å². The maximum Gasteiger partial charge on any atom is 0.122 e. The molecule has 3 heteroatoms. The Morgan fingerprint density at radius 1 is 0.895 bits per heavy atom. The number of hydrogen-bond donors (Lipinski definition) is 0. The van der Waals surface area contributed by atoms with Crippen molar-refractivity contribution in [1.82, 2.24) is 0 Å². The van der Waals surface area contributed by atoms with Crippen LogP contribution in [0.1, 0.15) is 32.6 Å². The lowest BCUT2D eigenvalue weighted by Crippen LogP contribution is -2.03. The van der Waals surface area contributed by atoms with E-state index >= 15 is 0 Å². The predicted octanol–water partition coefficient (Wildman–Crippen LogP) is 4.18.